The van der Waals surface area contributed by atoms with Crippen molar-refractivity contribution in [2.75, 3.05) is 40.1 Å². The van der Waals surface area contributed by atoms with E-state index in [1.165, 1.54) is 25.7 Å². The Hall–Kier alpha value is -0.160. The second-order valence-electron chi connectivity index (χ2n) is 5.73. The van der Waals surface area contributed by atoms with Crippen LogP contribution in [0.5, 0.6) is 0 Å². The van der Waals surface area contributed by atoms with Crippen LogP contribution in [-0.4, -0.2) is 51.7 Å². The molecule has 1 saturated carbocycles. The Morgan fingerprint density at radius 3 is 2.42 bits per heavy atom. The summed E-state index contributed by atoms with van der Waals surface area (Å²) >= 11 is 0. The zero-order valence-electron chi connectivity index (χ0n) is 12.9. The predicted molar refractivity (Wildman–Crippen MR) is 77.6 cm³/mol. The van der Waals surface area contributed by atoms with Gasteiger partial charge in [-0.1, -0.05) is 26.7 Å². The summed E-state index contributed by atoms with van der Waals surface area (Å²) in [6.45, 7) is 8.26. The van der Waals surface area contributed by atoms with Gasteiger partial charge in [-0.15, -0.1) is 0 Å². The minimum absolute atomic E-state index is 0.0802. The van der Waals surface area contributed by atoms with Gasteiger partial charge in [0.1, 0.15) is 0 Å². The van der Waals surface area contributed by atoms with Crippen molar-refractivity contribution in [3.63, 3.8) is 0 Å². The largest absolute Gasteiger partial charge is 0.382 e. The van der Waals surface area contributed by atoms with Crippen molar-refractivity contribution < 1.29 is 14.2 Å². The molecule has 0 unspecified atom stereocenters. The molecule has 114 valence electrons. The van der Waals surface area contributed by atoms with Crippen LogP contribution in [-0.2, 0) is 14.2 Å². The molecule has 0 heterocycles. The van der Waals surface area contributed by atoms with Gasteiger partial charge in [0.15, 0.2) is 0 Å². The Morgan fingerprint density at radius 1 is 1.05 bits per heavy atom. The van der Waals surface area contributed by atoms with Gasteiger partial charge in [0.05, 0.1) is 18.8 Å². The molecule has 0 aromatic heterocycles. The van der Waals surface area contributed by atoms with E-state index in [1.54, 1.807) is 7.11 Å². The van der Waals surface area contributed by atoms with Crippen molar-refractivity contribution in [2.24, 2.45) is 0 Å². The molecular weight excluding hydrogens is 242 g/mol. The molecule has 1 fully saturated rings. The van der Waals surface area contributed by atoms with Crippen LogP contribution in [0.15, 0.2) is 0 Å². The summed E-state index contributed by atoms with van der Waals surface area (Å²) in [6.07, 6.45) is 5.94. The third-order valence-corrected chi connectivity index (χ3v) is 3.62. The number of rotatable bonds is 11. The van der Waals surface area contributed by atoms with Crippen LogP contribution < -0.4 is 5.32 Å². The summed E-state index contributed by atoms with van der Waals surface area (Å²) in [5.41, 5.74) is 0.0802. The predicted octanol–water partition coefficient (Wildman–Crippen LogP) is 2.37. The van der Waals surface area contributed by atoms with E-state index in [0.717, 1.165) is 26.2 Å². The Labute approximate surface area is 118 Å². The zero-order valence-corrected chi connectivity index (χ0v) is 12.9. The number of methoxy groups -OCH3 is 1. The Kier molecular flexibility index (Phi) is 8.62. The average molecular weight is 273 g/mol. The van der Waals surface area contributed by atoms with E-state index >= 15 is 0 Å². The van der Waals surface area contributed by atoms with Crippen LogP contribution in [0.3, 0.4) is 0 Å². The van der Waals surface area contributed by atoms with Crippen molar-refractivity contribution in [1.82, 2.24) is 5.32 Å². The van der Waals surface area contributed by atoms with Gasteiger partial charge in [-0.3, -0.25) is 0 Å². The van der Waals surface area contributed by atoms with Crippen LogP contribution in [0, 0.1) is 0 Å². The maximum absolute atomic E-state index is 6.17. The topological polar surface area (TPSA) is 39.7 Å². The Balaban J connectivity index is 2.12. The summed E-state index contributed by atoms with van der Waals surface area (Å²) in [4.78, 5) is 0. The molecule has 4 nitrogen and oxygen atoms in total. The highest BCUT2D eigenvalue weighted by Gasteiger charge is 2.34. The zero-order chi connectivity index (χ0) is 14.0. The number of ether oxygens (including phenoxy) is 3. The molecule has 0 aliphatic heterocycles. The SMILES string of the molecule is COCCOCCCOC1(CNC(C)C)CCCC1. The fourth-order valence-electron chi connectivity index (χ4n) is 2.48. The molecule has 4 heteroatoms. The normalized spacial score (nSPS) is 18.3. The van der Waals surface area contributed by atoms with Crippen molar-refractivity contribution >= 4 is 0 Å². The molecule has 19 heavy (non-hydrogen) atoms. The fourth-order valence-corrected chi connectivity index (χ4v) is 2.48. The van der Waals surface area contributed by atoms with Crippen LogP contribution in [0.1, 0.15) is 46.0 Å². The third kappa shape index (κ3) is 7.25. The fraction of sp³-hybridized carbons (Fsp3) is 1.00. The van der Waals surface area contributed by atoms with E-state index < -0.39 is 0 Å². The maximum atomic E-state index is 6.17. The van der Waals surface area contributed by atoms with Gasteiger partial charge in [-0.25, -0.2) is 0 Å². The minimum atomic E-state index is 0.0802. The molecule has 0 atom stereocenters. The molecule has 1 aliphatic carbocycles. The first kappa shape index (κ1) is 16.9. The summed E-state index contributed by atoms with van der Waals surface area (Å²) in [5.74, 6) is 0. The second-order valence-corrected chi connectivity index (χ2v) is 5.73. The minimum Gasteiger partial charge on any atom is -0.382 e. The van der Waals surface area contributed by atoms with Crippen LogP contribution in [0.2, 0.25) is 0 Å². The molecule has 0 aromatic carbocycles. The number of nitrogens with one attached hydrogen (secondary N) is 1. The van der Waals surface area contributed by atoms with Crippen LogP contribution >= 0.6 is 0 Å². The first-order valence-corrected chi connectivity index (χ1v) is 7.62. The second kappa shape index (κ2) is 9.70. The van der Waals surface area contributed by atoms with Gasteiger partial charge in [-0.2, -0.15) is 0 Å². The molecular formula is C15H31NO3. The third-order valence-electron chi connectivity index (χ3n) is 3.62. The highest BCUT2D eigenvalue weighted by Crippen LogP contribution is 2.32. The molecule has 0 aromatic rings. The molecule has 1 aliphatic rings. The lowest BCUT2D eigenvalue weighted by molar-refractivity contribution is -0.0489. The molecule has 1 rings (SSSR count). The molecule has 0 saturated heterocycles. The van der Waals surface area contributed by atoms with E-state index in [0.29, 0.717) is 19.3 Å². The summed E-state index contributed by atoms with van der Waals surface area (Å²) in [6, 6.07) is 0.526. The highest BCUT2D eigenvalue weighted by molar-refractivity contribution is 4.89. The van der Waals surface area contributed by atoms with Crippen LogP contribution in [0.4, 0.5) is 0 Å². The van der Waals surface area contributed by atoms with Crippen molar-refractivity contribution in [2.45, 2.75) is 57.6 Å². The standard InChI is InChI=1S/C15H31NO3/c1-14(2)16-13-15(7-4-5-8-15)19-10-6-9-18-12-11-17-3/h14,16H,4-13H2,1-3H3. The Morgan fingerprint density at radius 2 is 1.79 bits per heavy atom. The number of hydrogen-bond donors (Lipinski definition) is 1. The highest BCUT2D eigenvalue weighted by atomic mass is 16.5. The Bertz CT molecular complexity index is 215. The summed E-state index contributed by atoms with van der Waals surface area (Å²) in [7, 11) is 1.69. The molecule has 0 radical (unpaired) electrons. The first-order valence-electron chi connectivity index (χ1n) is 7.62. The van der Waals surface area contributed by atoms with E-state index in [2.05, 4.69) is 19.2 Å². The van der Waals surface area contributed by atoms with Crippen molar-refractivity contribution in [3.05, 3.63) is 0 Å². The van der Waals surface area contributed by atoms with Crippen molar-refractivity contribution in [3.8, 4) is 0 Å². The van der Waals surface area contributed by atoms with Crippen LogP contribution in [0.25, 0.3) is 0 Å². The molecule has 0 amide bonds. The quantitative estimate of drug-likeness (QED) is 0.587. The van der Waals surface area contributed by atoms with Gasteiger partial charge < -0.3 is 19.5 Å². The van der Waals surface area contributed by atoms with E-state index in [9.17, 15) is 0 Å². The van der Waals surface area contributed by atoms with Crippen molar-refractivity contribution in [1.29, 1.82) is 0 Å². The summed E-state index contributed by atoms with van der Waals surface area (Å²) < 4.78 is 16.6. The number of hydrogen-bond acceptors (Lipinski definition) is 4. The lowest BCUT2D eigenvalue weighted by Crippen LogP contribution is -2.43. The molecule has 0 spiro atoms. The van der Waals surface area contributed by atoms with Gasteiger partial charge in [0.25, 0.3) is 0 Å². The van der Waals surface area contributed by atoms with Gasteiger partial charge in [-0.05, 0) is 19.3 Å². The molecule has 1 N–H and O–H groups in total. The lowest BCUT2D eigenvalue weighted by atomic mass is 10.0. The van der Waals surface area contributed by atoms with E-state index in [4.69, 9.17) is 14.2 Å². The van der Waals surface area contributed by atoms with Gasteiger partial charge in [0.2, 0.25) is 0 Å². The summed E-state index contributed by atoms with van der Waals surface area (Å²) in [5, 5.41) is 3.52. The van der Waals surface area contributed by atoms with Gasteiger partial charge >= 0.3 is 0 Å². The lowest BCUT2D eigenvalue weighted by Gasteiger charge is -2.31. The maximum Gasteiger partial charge on any atom is 0.0806 e. The smallest absolute Gasteiger partial charge is 0.0806 e. The molecule has 0 bridgehead atoms. The first-order chi connectivity index (χ1) is 9.18. The monoisotopic (exact) mass is 273 g/mol. The average Bonchev–Trinajstić information content (AvgIpc) is 2.85. The van der Waals surface area contributed by atoms with E-state index in [1.807, 2.05) is 0 Å². The van der Waals surface area contributed by atoms with Gasteiger partial charge in [0, 0.05) is 32.9 Å². The van der Waals surface area contributed by atoms with E-state index in [-0.39, 0.29) is 5.60 Å².